The van der Waals surface area contributed by atoms with Gasteiger partial charge in [0, 0.05) is 24.3 Å². The number of aromatic amines is 2. The quantitative estimate of drug-likeness (QED) is 0.300. The minimum atomic E-state index is -6.00. The smallest absolute Gasteiger partial charge is 0.418 e. The Labute approximate surface area is 170 Å². The number of nitrogens with one attached hydrogen (secondary N) is 2. The van der Waals surface area contributed by atoms with Crippen molar-refractivity contribution in [1.29, 1.82) is 0 Å². The van der Waals surface area contributed by atoms with Crippen LogP contribution in [0, 0.1) is 0 Å². The summed E-state index contributed by atoms with van der Waals surface area (Å²) in [4.78, 5) is 5.78. The standard InChI is InChI=1S/2C5H5N.4BF4/c2*1-2-4-6-5-3-1;4*2-1(3,4)5/h2*1-5H;;;;/q;;4*-1/p+2. The number of halogens is 16. The van der Waals surface area contributed by atoms with Crippen molar-refractivity contribution in [3.63, 3.8) is 0 Å². The largest absolute Gasteiger partial charge is 0.673 e. The summed E-state index contributed by atoms with van der Waals surface area (Å²) in [5.41, 5.74) is 0. The summed E-state index contributed by atoms with van der Waals surface area (Å²) in [5.74, 6) is 0. The van der Waals surface area contributed by atoms with Crippen LogP contribution in [0.4, 0.5) is 69.1 Å². The SMILES string of the molecule is F[B-](F)(F)F.F[B-](F)(F)F.F[B-](F)(F)F.F[B-](F)(F)F.c1cc[nH+]cc1.c1cc[nH+]cc1. The summed E-state index contributed by atoms with van der Waals surface area (Å²) in [6.07, 6.45) is 7.50. The van der Waals surface area contributed by atoms with Crippen molar-refractivity contribution in [2.45, 2.75) is 0 Å². The zero-order valence-electron chi connectivity index (χ0n) is 15.1. The molecule has 32 heavy (non-hydrogen) atoms. The van der Waals surface area contributed by atoms with Gasteiger partial charge in [-0.05, 0) is 0 Å². The first-order chi connectivity index (χ1) is 14.0. The van der Waals surface area contributed by atoms with Gasteiger partial charge in [0.15, 0.2) is 24.8 Å². The molecule has 188 valence electrons. The van der Waals surface area contributed by atoms with E-state index in [1.54, 1.807) is 0 Å². The summed E-state index contributed by atoms with van der Waals surface area (Å²) < 4.78 is 156. The van der Waals surface area contributed by atoms with Crippen molar-refractivity contribution >= 4 is 29.0 Å². The van der Waals surface area contributed by atoms with Crippen LogP contribution in [0.25, 0.3) is 0 Å². The van der Waals surface area contributed by atoms with Crippen LogP contribution >= 0.6 is 0 Å². The predicted octanol–water partition coefficient (Wildman–Crippen LogP) is 6.20. The lowest BCUT2D eigenvalue weighted by Gasteiger charge is -1.94. The first-order valence-corrected chi connectivity index (χ1v) is 7.31. The zero-order chi connectivity index (χ0) is 26.5. The van der Waals surface area contributed by atoms with Crippen LogP contribution in [0.3, 0.4) is 0 Å². The maximum absolute atomic E-state index is 9.75. The van der Waals surface area contributed by atoms with Crippen molar-refractivity contribution in [2.24, 2.45) is 0 Å². The van der Waals surface area contributed by atoms with Crippen LogP contribution in [0.15, 0.2) is 61.2 Å². The molecule has 2 nitrogen and oxygen atoms in total. The molecule has 0 aliphatic rings. The maximum atomic E-state index is 9.75. The molecular weight excluding hydrogens is 495 g/mol. The molecule has 0 amide bonds. The van der Waals surface area contributed by atoms with Gasteiger partial charge in [-0.1, -0.05) is 12.1 Å². The molecule has 0 bridgehead atoms. The molecule has 0 unspecified atom stereocenters. The van der Waals surface area contributed by atoms with Crippen molar-refractivity contribution in [3.8, 4) is 0 Å². The second-order valence-electron chi connectivity index (χ2n) is 4.13. The van der Waals surface area contributed by atoms with E-state index in [9.17, 15) is 69.1 Å². The fraction of sp³-hybridized carbons (Fsp3) is 0. The highest BCUT2D eigenvalue weighted by Gasteiger charge is 2.21. The minimum absolute atomic E-state index is 1.88. The van der Waals surface area contributed by atoms with Gasteiger partial charge in [0.05, 0.1) is 0 Å². The number of aromatic nitrogens is 2. The molecule has 0 fully saturated rings. The molecule has 2 aromatic rings. The molecule has 2 N–H and O–H groups in total. The molecule has 0 aliphatic heterocycles. The Balaban J connectivity index is -0.000000148. The van der Waals surface area contributed by atoms with Crippen LogP contribution < -0.4 is 9.97 Å². The number of hydrogen-bond donors (Lipinski definition) is 0. The normalized spacial score (nSPS) is 10.5. The molecule has 0 atom stereocenters. The van der Waals surface area contributed by atoms with Gasteiger partial charge in [-0.15, -0.1) is 0 Å². The van der Waals surface area contributed by atoms with Crippen molar-refractivity contribution in [1.82, 2.24) is 0 Å². The van der Waals surface area contributed by atoms with E-state index in [1.165, 1.54) is 0 Å². The molecule has 0 radical (unpaired) electrons. The lowest BCUT2D eigenvalue weighted by Crippen LogP contribution is -2.02. The van der Waals surface area contributed by atoms with E-state index in [1.807, 2.05) is 61.2 Å². The Morgan fingerprint density at radius 1 is 0.281 bits per heavy atom. The summed E-state index contributed by atoms with van der Waals surface area (Å²) in [7, 11) is -24.0. The first-order valence-electron chi connectivity index (χ1n) is 7.31. The van der Waals surface area contributed by atoms with Gasteiger partial charge < -0.3 is 69.1 Å². The van der Waals surface area contributed by atoms with Crippen LogP contribution in [-0.2, 0) is 0 Å². The Hall–Kier alpha value is -2.56. The van der Waals surface area contributed by atoms with Crippen molar-refractivity contribution < 1.29 is 79.0 Å². The van der Waals surface area contributed by atoms with Gasteiger partial charge in [0.25, 0.3) is 0 Å². The molecule has 22 heteroatoms. The minimum Gasteiger partial charge on any atom is -0.418 e. The molecule has 0 aromatic carbocycles. The Bertz CT molecular complexity index is 448. The molecule has 0 saturated carbocycles. The summed E-state index contributed by atoms with van der Waals surface area (Å²) >= 11 is 0. The summed E-state index contributed by atoms with van der Waals surface area (Å²) in [6, 6.07) is 11.7. The molecule has 2 aromatic heterocycles. The average Bonchev–Trinajstić information content (AvgIpc) is 2.52. The van der Waals surface area contributed by atoms with Crippen LogP contribution in [0.1, 0.15) is 0 Å². The van der Waals surface area contributed by atoms with E-state index in [0.29, 0.717) is 0 Å². The second kappa shape index (κ2) is 19.1. The zero-order valence-corrected chi connectivity index (χ0v) is 15.1. The Morgan fingerprint density at radius 3 is 0.438 bits per heavy atom. The van der Waals surface area contributed by atoms with E-state index >= 15 is 0 Å². The lowest BCUT2D eigenvalue weighted by atomic mass is 10.3. The topological polar surface area (TPSA) is 28.3 Å². The van der Waals surface area contributed by atoms with E-state index in [2.05, 4.69) is 9.97 Å². The molecule has 2 rings (SSSR count). The number of rotatable bonds is 0. The lowest BCUT2D eigenvalue weighted by molar-refractivity contribution is -0.378. The average molecular weight is 507 g/mol. The number of H-pyrrole nitrogens is 2. The predicted molar refractivity (Wildman–Crippen MR) is 86.7 cm³/mol. The highest BCUT2D eigenvalue weighted by atomic mass is 19.5. The van der Waals surface area contributed by atoms with Gasteiger partial charge >= 0.3 is 29.0 Å². The maximum Gasteiger partial charge on any atom is 0.673 e. The van der Waals surface area contributed by atoms with Crippen LogP contribution in [0.2, 0.25) is 0 Å². The van der Waals surface area contributed by atoms with Gasteiger partial charge in [0.1, 0.15) is 0 Å². The fourth-order valence-corrected chi connectivity index (χ4v) is 0.684. The third kappa shape index (κ3) is 215. The van der Waals surface area contributed by atoms with E-state index in [0.717, 1.165) is 0 Å². The van der Waals surface area contributed by atoms with Crippen molar-refractivity contribution in [2.75, 3.05) is 0 Å². The van der Waals surface area contributed by atoms with Gasteiger partial charge in [-0.2, -0.15) is 0 Å². The Morgan fingerprint density at radius 2 is 0.406 bits per heavy atom. The van der Waals surface area contributed by atoms with Crippen LogP contribution in [-0.4, -0.2) is 29.0 Å². The Kier molecular flexibility index (Phi) is 22.0. The summed E-state index contributed by atoms with van der Waals surface area (Å²) in [5, 5.41) is 0. The van der Waals surface area contributed by atoms with Gasteiger partial charge in [-0.25, -0.2) is 9.97 Å². The summed E-state index contributed by atoms with van der Waals surface area (Å²) in [6.45, 7) is 0. The molecular formula is C10H12B4F16N2-2. The molecule has 0 saturated heterocycles. The molecule has 0 spiro atoms. The number of pyridine rings is 2. The monoisotopic (exact) mass is 508 g/mol. The third-order valence-electron chi connectivity index (χ3n) is 1.21. The second-order valence-corrected chi connectivity index (χ2v) is 4.13. The van der Waals surface area contributed by atoms with Gasteiger partial charge in [-0.3, -0.25) is 0 Å². The van der Waals surface area contributed by atoms with E-state index in [4.69, 9.17) is 0 Å². The molecule has 2 heterocycles. The fourth-order valence-electron chi connectivity index (χ4n) is 0.684. The van der Waals surface area contributed by atoms with Crippen molar-refractivity contribution in [3.05, 3.63) is 61.2 Å². The van der Waals surface area contributed by atoms with E-state index < -0.39 is 29.0 Å². The first kappa shape index (κ1) is 36.8. The van der Waals surface area contributed by atoms with Crippen LogP contribution in [0.5, 0.6) is 0 Å². The highest BCUT2D eigenvalue weighted by molar-refractivity contribution is 6.50. The van der Waals surface area contributed by atoms with Gasteiger partial charge in [0.2, 0.25) is 0 Å². The number of hydrogen-bond acceptors (Lipinski definition) is 0. The highest BCUT2D eigenvalue weighted by Crippen LogP contribution is 2.08. The third-order valence-corrected chi connectivity index (χ3v) is 1.21. The molecule has 0 aliphatic carbocycles. The van der Waals surface area contributed by atoms with E-state index in [-0.39, 0.29) is 0 Å².